The van der Waals surface area contributed by atoms with Crippen LogP contribution in [0.25, 0.3) is 0 Å². The summed E-state index contributed by atoms with van der Waals surface area (Å²) < 4.78 is 0. The topological polar surface area (TPSA) is 89.3 Å². The number of rotatable bonds is 9. The summed E-state index contributed by atoms with van der Waals surface area (Å²) in [6.45, 7) is 2.69. The monoisotopic (exact) mass is 419 g/mol. The molecule has 0 atom stereocenters. The second-order valence-corrected chi connectivity index (χ2v) is 7.60. The van der Waals surface area contributed by atoms with E-state index in [0.29, 0.717) is 13.1 Å². The SMILES string of the molecule is N#CCCN(C(=O)CCC(=O)NCc1cccnc1N1CCCCC1)c1ccccc1. The van der Waals surface area contributed by atoms with Crippen molar-refractivity contribution in [2.45, 2.75) is 45.1 Å². The van der Waals surface area contributed by atoms with Gasteiger partial charge in [0.25, 0.3) is 0 Å². The molecule has 1 saturated heterocycles. The van der Waals surface area contributed by atoms with Crippen LogP contribution in [0, 0.1) is 11.3 Å². The van der Waals surface area contributed by atoms with E-state index in [1.165, 1.54) is 6.42 Å². The number of nitrogens with zero attached hydrogens (tertiary/aromatic N) is 4. The fraction of sp³-hybridized carbons (Fsp3) is 0.417. The van der Waals surface area contributed by atoms with Gasteiger partial charge in [0, 0.05) is 56.5 Å². The molecular weight excluding hydrogens is 390 g/mol. The molecule has 162 valence electrons. The Bertz CT molecular complexity index is 904. The van der Waals surface area contributed by atoms with Crippen molar-refractivity contribution in [1.82, 2.24) is 10.3 Å². The van der Waals surface area contributed by atoms with Gasteiger partial charge in [0.2, 0.25) is 11.8 Å². The second-order valence-electron chi connectivity index (χ2n) is 7.60. The molecule has 0 spiro atoms. The number of hydrogen-bond donors (Lipinski definition) is 1. The number of carbonyl (C=O) groups is 2. The zero-order chi connectivity index (χ0) is 21.9. The maximum atomic E-state index is 12.7. The van der Waals surface area contributed by atoms with Crippen LogP contribution in [0.4, 0.5) is 11.5 Å². The highest BCUT2D eigenvalue weighted by Gasteiger charge is 2.18. The number of piperidine rings is 1. The molecule has 0 unspecified atom stereocenters. The third-order valence-electron chi connectivity index (χ3n) is 5.38. The molecule has 31 heavy (non-hydrogen) atoms. The first kappa shape index (κ1) is 22.3. The van der Waals surface area contributed by atoms with Gasteiger partial charge >= 0.3 is 0 Å². The van der Waals surface area contributed by atoms with E-state index in [1.54, 1.807) is 11.1 Å². The number of benzene rings is 1. The Hall–Kier alpha value is -3.40. The molecule has 0 aliphatic carbocycles. The summed E-state index contributed by atoms with van der Waals surface area (Å²) in [6, 6.07) is 15.2. The van der Waals surface area contributed by atoms with E-state index < -0.39 is 0 Å². The predicted octanol–water partition coefficient (Wildman–Crippen LogP) is 3.42. The lowest BCUT2D eigenvalue weighted by Gasteiger charge is -2.29. The second kappa shape index (κ2) is 11.7. The molecule has 1 aliphatic heterocycles. The van der Waals surface area contributed by atoms with Crippen LogP contribution in [0.15, 0.2) is 48.7 Å². The van der Waals surface area contributed by atoms with Gasteiger partial charge in [0.15, 0.2) is 0 Å². The molecule has 1 aromatic heterocycles. The first-order valence-electron chi connectivity index (χ1n) is 10.9. The fourth-order valence-electron chi connectivity index (χ4n) is 3.76. The number of nitriles is 1. The number of anilines is 2. The van der Waals surface area contributed by atoms with Crippen molar-refractivity contribution >= 4 is 23.3 Å². The van der Waals surface area contributed by atoms with Crippen molar-refractivity contribution in [2.75, 3.05) is 29.4 Å². The third kappa shape index (κ3) is 6.54. The minimum absolute atomic E-state index is 0.0954. The Morgan fingerprint density at radius 1 is 1.06 bits per heavy atom. The minimum Gasteiger partial charge on any atom is -0.356 e. The van der Waals surface area contributed by atoms with Crippen LogP contribution in [0.3, 0.4) is 0 Å². The molecule has 0 saturated carbocycles. The van der Waals surface area contributed by atoms with Crippen molar-refractivity contribution in [1.29, 1.82) is 5.26 Å². The quantitative estimate of drug-likeness (QED) is 0.673. The van der Waals surface area contributed by atoms with Gasteiger partial charge in [-0.25, -0.2) is 4.98 Å². The molecule has 1 fully saturated rings. The van der Waals surface area contributed by atoms with Crippen molar-refractivity contribution in [3.05, 3.63) is 54.2 Å². The van der Waals surface area contributed by atoms with Crippen molar-refractivity contribution < 1.29 is 9.59 Å². The van der Waals surface area contributed by atoms with Crippen LogP contribution >= 0.6 is 0 Å². The molecule has 0 radical (unpaired) electrons. The number of aromatic nitrogens is 1. The van der Waals surface area contributed by atoms with Crippen LogP contribution in [0.5, 0.6) is 0 Å². The van der Waals surface area contributed by atoms with Crippen LogP contribution in [-0.2, 0) is 16.1 Å². The molecule has 2 heterocycles. The minimum atomic E-state index is -0.171. The van der Waals surface area contributed by atoms with E-state index in [1.807, 2.05) is 42.5 Å². The number of carbonyl (C=O) groups excluding carboxylic acids is 2. The smallest absolute Gasteiger partial charge is 0.227 e. The Labute approximate surface area is 183 Å². The van der Waals surface area contributed by atoms with Crippen LogP contribution in [0.2, 0.25) is 0 Å². The standard InChI is InChI=1S/C24H29N5O2/c25-14-8-18-29(21-10-3-1-4-11-21)23(31)13-12-22(30)27-19-20-9-7-15-26-24(20)28-16-5-2-6-17-28/h1,3-4,7,9-11,15H,2,5-6,8,12-13,16-19H2,(H,27,30). The number of pyridine rings is 1. The largest absolute Gasteiger partial charge is 0.356 e. The summed E-state index contributed by atoms with van der Waals surface area (Å²) in [6.07, 6.45) is 5.80. The molecule has 7 nitrogen and oxygen atoms in total. The van der Waals surface area contributed by atoms with E-state index in [0.717, 1.165) is 43.0 Å². The van der Waals surface area contributed by atoms with Gasteiger partial charge in [0.1, 0.15) is 5.82 Å². The number of para-hydroxylation sites is 1. The summed E-state index contributed by atoms with van der Waals surface area (Å²) in [7, 11) is 0. The van der Waals surface area contributed by atoms with Gasteiger partial charge < -0.3 is 15.1 Å². The van der Waals surface area contributed by atoms with Gasteiger partial charge in [-0.1, -0.05) is 24.3 Å². The summed E-state index contributed by atoms with van der Waals surface area (Å²) in [4.78, 5) is 33.5. The van der Waals surface area contributed by atoms with Crippen LogP contribution in [0.1, 0.15) is 44.1 Å². The van der Waals surface area contributed by atoms with E-state index in [4.69, 9.17) is 5.26 Å². The maximum absolute atomic E-state index is 12.7. The average Bonchev–Trinajstić information content (AvgIpc) is 2.83. The molecule has 2 aromatic rings. The van der Waals surface area contributed by atoms with Gasteiger partial charge in [-0.05, 0) is 37.5 Å². The zero-order valence-electron chi connectivity index (χ0n) is 17.8. The van der Waals surface area contributed by atoms with E-state index >= 15 is 0 Å². The zero-order valence-corrected chi connectivity index (χ0v) is 17.8. The molecule has 1 aliphatic rings. The molecule has 0 bridgehead atoms. The summed E-state index contributed by atoms with van der Waals surface area (Å²) >= 11 is 0. The molecular formula is C24H29N5O2. The molecule has 1 N–H and O–H groups in total. The molecule has 2 amide bonds. The van der Waals surface area contributed by atoms with E-state index in [-0.39, 0.29) is 31.1 Å². The van der Waals surface area contributed by atoms with Gasteiger partial charge in [-0.3, -0.25) is 9.59 Å². The first-order chi connectivity index (χ1) is 15.2. The lowest BCUT2D eigenvalue weighted by Crippen LogP contribution is -2.34. The first-order valence-corrected chi connectivity index (χ1v) is 10.9. The normalized spacial score (nSPS) is 13.3. The highest BCUT2D eigenvalue weighted by atomic mass is 16.2. The summed E-state index contributed by atoms with van der Waals surface area (Å²) in [5, 5.41) is 11.8. The lowest BCUT2D eigenvalue weighted by molar-refractivity contribution is -0.125. The summed E-state index contributed by atoms with van der Waals surface area (Å²) in [5.41, 5.74) is 1.73. The van der Waals surface area contributed by atoms with Crippen LogP contribution in [-0.4, -0.2) is 36.4 Å². The highest BCUT2D eigenvalue weighted by Crippen LogP contribution is 2.21. The maximum Gasteiger partial charge on any atom is 0.227 e. The average molecular weight is 420 g/mol. The number of amides is 2. The lowest BCUT2D eigenvalue weighted by atomic mass is 10.1. The Balaban J connectivity index is 1.53. The van der Waals surface area contributed by atoms with Gasteiger partial charge in [0.05, 0.1) is 12.5 Å². The van der Waals surface area contributed by atoms with E-state index in [9.17, 15) is 9.59 Å². The summed E-state index contributed by atoms with van der Waals surface area (Å²) in [5.74, 6) is 0.604. The molecule has 7 heteroatoms. The van der Waals surface area contributed by atoms with Gasteiger partial charge in [-0.15, -0.1) is 0 Å². The van der Waals surface area contributed by atoms with Crippen molar-refractivity contribution in [2.24, 2.45) is 0 Å². The third-order valence-corrected chi connectivity index (χ3v) is 5.38. The Kier molecular flexibility index (Phi) is 8.41. The number of hydrogen-bond acceptors (Lipinski definition) is 5. The van der Waals surface area contributed by atoms with Crippen molar-refractivity contribution in [3.8, 4) is 6.07 Å². The Morgan fingerprint density at radius 2 is 1.84 bits per heavy atom. The van der Waals surface area contributed by atoms with Crippen LogP contribution < -0.4 is 15.1 Å². The fourth-order valence-corrected chi connectivity index (χ4v) is 3.76. The molecule has 3 rings (SSSR count). The predicted molar refractivity (Wildman–Crippen MR) is 120 cm³/mol. The highest BCUT2D eigenvalue weighted by molar-refractivity contribution is 5.95. The van der Waals surface area contributed by atoms with E-state index in [2.05, 4.69) is 21.3 Å². The van der Waals surface area contributed by atoms with Crippen molar-refractivity contribution in [3.63, 3.8) is 0 Å². The molecule has 1 aromatic carbocycles. The Morgan fingerprint density at radius 3 is 2.58 bits per heavy atom. The number of nitrogens with one attached hydrogen (secondary N) is 1. The van der Waals surface area contributed by atoms with Gasteiger partial charge in [-0.2, -0.15) is 5.26 Å².